The van der Waals surface area contributed by atoms with E-state index >= 15 is 0 Å². The van der Waals surface area contributed by atoms with Crippen LogP contribution in [0.4, 0.5) is 0 Å². The highest BCUT2D eigenvalue weighted by atomic mass is 32.2. The molecule has 7 nitrogen and oxygen atoms in total. The summed E-state index contributed by atoms with van der Waals surface area (Å²) in [5.41, 5.74) is 3.34. The maximum atomic E-state index is 12.2. The highest BCUT2D eigenvalue weighted by Crippen LogP contribution is 2.19. The second-order valence-electron chi connectivity index (χ2n) is 5.98. The molecular weight excluding hydrogens is 366 g/mol. The van der Waals surface area contributed by atoms with E-state index in [4.69, 9.17) is 4.52 Å². The van der Waals surface area contributed by atoms with Crippen molar-refractivity contribution in [3.8, 4) is 11.3 Å². The SMILES string of the molecule is CNS(=O)(=O)c1ccc(CNC(=O)c2cc(-c3ccc(C)cc3)no2)cc1. The largest absolute Gasteiger partial charge is 0.350 e. The van der Waals surface area contributed by atoms with E-state index < -0.39 is 15.9 Å². The second-order valence-corrected chi connectivity index (χ2v) is 7.86. The Morgan fingerprint density at radius 1 is 1.07 bits per heavy atom. The Hall–Kier alpha value is -2.97. The molecule has 3 rings (SSSR count). The number of carbonyl (C=O) groups is 1. The number of carbonyl (C=O) groups excluding carboxylic acids is 1. The average molecular weight is 385 g/mol. The normalized spacial score (nSPS) is 11.3. The average Bonchev–Trinajstić information content (AvgIpc) is 3.17. The number of amides is 1. The summed E-state index contributed by atoms with van der Waals surface area (Å²) in [7, 11) is -2.12. The van der Waals surface area contributed by atoms with E-state index in [0.29, 0.717) is 5.69 Å². The molecule has 3 aromatic rings. The number of rotatable bonds is 6. The van der Waals surface area contributed by atoms with Crippen molar-refractivity contribution in [2.75, 3.05) is 7.05 Å². The van der Waals surface area contributed by atoms with Crippen LogP contribution in [0.2, 0.25) is 0 Å². The highest BCUT2D eigenvalue weighted by Gasteiger charge is 2.14. The lowest BCUT2D eigenvalue weighted by Gasteiger charge is -2.05. The van der Waals surface area contributed by atoms with Crippen LogP contribution in [0, 0.1) is 6.92 Å². The standard InChI is InChI=1S/C19H19N3O4S/c1-13-3-7-15(8-4-13)17-11-18(26-22-17)19(23)21-12-14-5-9-16(10-6-14)27(24,25)20-2/h3-11,20H,12H2,1-2H3,(H,21,23). The summed E-state index contributed by atoms with van der Waals surface area (Å²) in [5.74, 6) is -0.284. The molecule has 0 radical (unpaired) electrons. The van der Waals surface area contributed by atoms with E-state index in [-0.39, 0.29) is 17.2 Å². The fourth-order valence-electron chi connectivity index (χ4n) is 2.42. The first kappa shape index (κ1) is 18.8. The highest BCUT2D eigenvalue weighted by molar-refractivity contribution is 7.89. The molecule has 27 heavy (non-hydrogen) atoms. The molecule has 0 aliphatic heterocycles. The van der Waals surface area contributed by atoms with Gasteiger partial charge in [0.05, 0.1) is 4.90 Å². The molecule has 0 fully saturated rings. The Kier molecular flexibility index (Phi) is 5.38. The lowest BCUT2D eigenvalue weighted by Crippen LogP contribution is -2.22. The maximum Gasteiger partial charge on any atom is 0.290 e. The van der Waals surface area contributed by atoms with E-state index in [9.17, 15) is 13.2 Å². The maximum absolute atomic E-state index is 12.2. The molecule has 2 aromatic carbocycles. The van der Waals surface area contributed by atoms with E-state index in [1.54, 1.807) is 18.2 Å². The smallest absolute Gasteiger partial charge is 0.290 e. The minimum atomic E-state index is -3.48. The molecule has 1 amide bonds. The quantitative estimate of drug-likeness (QED) is 0.679. The van der Waals surface area contributed by atoms with Crippen LogP contribution in [0.25, 0.3) is 11.3 Å². The Morgan fingerprint density at radius 3 is 2.37 bits per heavy atom. The third-order valence-corrected chi connectivity index (χ3v) is 5.47. The summed E-state index contributed by atoms with van der Waals surface area (Å²) < 4.78 is 30.8. The second kappa shape index (κ2) is 7.73. The number of nitrogens with zero attached hydrogens (tertiary/aromatic N) is 1. The van der Waals surface area contributed by atoms with E-state index in [1.165, 1.54) is 19.2 Å². The van der Waals surface area contributed by atoms with Crippen LogP contribution in [-0.4, -0.2) is 26.5 Å². The molecule has 2 N–H and O–H groups in total. The Bertz CT molecular complexity index is 1040. The van der Waals surface area contributed by atoms with Gasteiger partial charge in [0.15, 0.2) is 0 Å². The molecule has 0 saturated heterocycles. The topological polar surface area (TPSA) is 101 Å². The molecule has 8 heteroatoms. The fourth-order valence-corrected chi connectivity index (χ4v) is 3.15. The number of aryl methyl sites for hydroxylation is 1. The first-order valence-electron chi connectivity index (χ1n) is 8.23. The third kappa shape index (κ3) is 4.42. The lowest BCUT2D eigenvalue weighted by atomic mass is 10.1. The molecular formula is C19H19N3O4S. The van der Waals surface area contributed by atoms with Gasteiger partial charge in [0.2, 0.25) is 15.8 Å². The first-order valence-corrected chi connectivity index (χ1v) is 9.72. The van der Waals surface area contributed by atoms with Crippen molar-refractivity contribution in [1.29, 1.82) is 0 Å². The van der Waals surface area contributed by atoms with Gasteiger partial charge in [0, 0.05) is 18.2 Å². The van der Waals surface area contributed by atoms with Crippen molar-refractivity contribution >= 4 is 15.9 Å². The van der Waals surface area contributed by atoms with Gasteiger partial charge in [0.1, 0.15) is 5.69 Å². The van der Waals surface area contributed by atoms with Crippen LogP contribution in [0.1, 0.15) is 21.7 Å². The van der Waals surface area contributed by atoms with E-state index in [1.807, 2.05) is 31.2 Å². The summed E-state index contributed by atoms with van der Waals surface area (Å²) in [4.78, 5) is 12.4. The van der Waals surface area contributed by atoms with Gasteiger partial charge in [-0.05, 0) is 31.7 Å². The van der Waals surface area contributed by atoms with Crippen LogP contribution >= 0.6 is 0 Å². The van der Waals surface area contributed by atoms with Crippen molar-refractivity contribution in [3.63, 3.8) is 0 Å². The number of aromatic nitrogens is 1. The molecule has 1 heterocycles. The van der Waals surface area contributed by atoms with E-state index in [0.717, 1.165) is 16.7 Å². The molecule has 0 bridgehead atoms. The molecule has 0 saturated carbocycles. The van der Waals surface area contributed by atoms with Gasteiger partial charge in [-0.15, -0.1) is 0 Å². The first-order chi connectivity index (χ1) is 12.9. The number of hydrogen-bond acceptors (Lipinski definition) is 5. The predicted molar refractivity (Wildman–Crippen MR) is 101 cm³/mol. The van der Waals surface area contributed by atoms with Crippen LogP contribution in [0.3, 0.4) is 0 Å². The molecule has 1 aromatic heterocycles. The summed E-state index contributed by atoms with van der Waals surface area (Å²) in [5, 5.41) is 6.65. The van der Waals surface area contributed by atoms with Gasteiger partial charge in [-0.3, -0.25) is 4.79 Å². The molecule has 0 unspecified atom stereocenters. The number of sulfonamides is 1. The lowest BCUT2D eigenvalue weighted by molar-refractivity contribution is 0.0914. The zero-order valence-electron chi connectivity index (χ0n) is 14.9. The fraction of sp³-hybridized carbons (Fsp3) is 0.158. The van der Waals surface area contributed by atoms with Crippen LogP contribution in [-0.2, 0) is 16.6 Å². The molecule has 140 valence electrons. The van der Waals surface area contributed by atoms with Crippen molar-refractivity contribution in [1.82, 2.24) is 15.2 Å². The summed E-state index contributed by atoms with van der Waals surface area (Å²) in [6.45, 7) is 2.23. The molecule has 0 aliphatic rings. The Labute approximate surface area is 157 Å². The zero-order chi connectivity index (χ0) is 19.4. The van der Waals surface area contributed by atoms with Gasteiger partial charge in [0.25, 0.3) is 5.91 Å². The molecule has 0 aliphatic carbocycles. The molecule has 0 spiro atoms. The van der Waals surface area contributed by atoms with Crippen molar-refractivity contribution < 1.29 is 17.7 Å². The number of hydrogen-bond donors (Lipinski definition) is 2. The monoisotopic (exact) mass is 385 g/mol. The van der Waals surface area contributed by atoms with Gasteiger partial charge in [-0.2, -0.15) is 0 Å². The van der Waals surface area contributed by atoms with Crippen molar-refractivity contribution in [2.45, 2.75) is 18.4 Å². The predicted octanol–water partition coefficient (Wildman–Crippen LogP) is 2.49. The van der Waals surface area contributed by atoms with Crippen LogP contribution in [0.5, 0.6) is 0 Å². The summed E-state index contributed by atoms with van der Waals surface area (Å²) >= 11 is 0. The van der Waals surface area contributed by atoms with Gasteiger partial charge in [-0.1, -0.05) is 47.1 Å². The Balaban J connectivity index is 1.64. The summed E-state index contributed by atoms with van der Waals surface area (Å²) in [6, 6.07) is 15.6. The van der Waals surface area contributed by atoms with E-state index in [2.05, 4.69) is 15.2 Å². The number of benzene rings is 2. The van der Waals surface area contributed by atoms with Gasteiger partial charge in [-0.25, -0.2) is 13.1 Å². The Morgan fingerprint density at radius 2 is 1.74 bits per heavy atom. The third-order valence-electron chi connectivity index (χ3n) is 4.04. The van der Waals surface area contributed by atoms with Crippen molar-refractivity contribution in [2.24, 2.45) is 0 Å². The van der Waals surface area contributed by atoms with Crippen molar-refractivity contribution in [3.05, 3.63) is 71.5 Å². The summed E-state index contributed by atoms with van der Waals surface area (Å²) in [6.07, 6.45) is 0. The zero-order valence-corrected chi connectivity index (χ0v) is 15.7. The van der Waals surface area contributed by atoms with Gasteiger partial charge >= 0.3 is 0 Å². The van der Waals surface area contributed by atoms with Crippen LogP contribution < -0.4 is 10.0 Å². The molecule has 0 atom stereocenters. The minimum Gasteiger partial charge on any atom is -0.350 e. The minimum absolute atomic E-state index is 0.111. The van der Waals surface area contributed by atoms with Gasteiger partial charge < -0.3 is 9.84 Å². The van der Waals surface area contributed by atoms with Crippen LogP contribution in [0.15, 0.2) is 64.0 Å². The number of nitrogens with one attached hydrogen (secondary N) is 2.